The molecule has 0 radical (unpaired) electrons. The minimum atomic E-state index is -0.633. The maximum Gasteiger partial charge on any atom is 0.420 e. The number of aromatic nitrogens is 1. The van der Waals surface area contributed by atoms with Gasteiger partial charge >= 0.3 is 5.76 Å². The summed E-state index contributed by atoms with van der Waals surface area (Å²) in [7, 11) is 1.53. The van der Waals surface area contributed by atoms with Gasteiger partial charge in [-0.3, -0.25) is 14.2 Å². The van der Waals surface area contributed by atoms with Gasteiger partial charge in [-0.05, 0) is 25.0 Å². The maximum atomic E-state index is 12.2. The predicted octanol–water partition coefficient (Wildman–Crippen LogP) is 0.985. The van der Waals surface area contributed by atoms with Crippen LogP contribution >= 0.6 is 11.6 Å². The lowest BCUT2D eigenvalue weighted by atomic mass is 10.3. The quantitative estimate of drug-likeness (QED) is 0.881. The van der Waals surface area contributed by atoms with Crippen molar-refractivity contribution in [2.45, 2.75) is 25.4 Å². The topological polar surface area (TPSA) is 84.5 Å². The van der Waals surface area contributed by atoms with Gasteiger partial charge in [0.1, 0.15) is 6.54 Å². The molecule has 1 aliphatic rings. The van der Waals surface area contributed by atoms with Gasteiger partial charge in [0.05, 0.1) is 12.1 Å². The highest BCUT2D eigenvalue weighted by Gasteiger charge is 2.24. The molecule has 0 unspecified atom stereocenters. The average Bonchev–Trinajstić information content (AvgIpc) is 3.23. The summed E-state index contributed by atoms with van der Waals surface area (Å²) in [6.07, 6.45) is 1.98. The summed E-state index contributed by atoms with van der Waals surface area (Å²) in [5.74, 6) is -1.18. The number of hydrogen-bond acceptors (Lipinski definition) is 4. The number of amides is 2. The second kappa shape index (κ2) is 6.08. The lowest BCUT2D eigenvalue weighted by Gasteiger charge is -2.16. The summed E-state index contributed by atoms with van der Waals surface area (Å²) in [5, 5.41) is 3.25. The molecule has 1 heterocycles. The van der Waals surface area contributed by atoms with Gasteiger partial charge in [-0.1, -0.05) is 11.6 Å². The Morgan fingerprint density at radius 2 is 2.17 bits per heavy atom. The molecule has 2 amide bonds. The molecule has 1 aromatic heterocycles. The minimum Gasteiger partial charge on any atom is -0.408 e. The normalized spacial score (nSPS) is 14.0. The highest BCUT2D eigenvalue weighted by atomic mass is 35.5. The van der Waals surface area contributed by atoms with E-state index in [-0.39, 0.29) is 30.9 Å². The van der Waals surface area contributed by atoms with Crippen LogP contribution in [0.25, 0.3) is 11.1 Å². The molecule has 0 spiro atoms. The van der Waals surface area contributed by atoms with E-state index >= 15 is 0 Å². The first kappa shape index (κ1) is 15.6. The molecule has 0 atom stereocenters. The van der Waals surface area contributed by atoms with Crippen molar-refractivity contribution in [3.8, 4) is 0 Å². The number of fused-ring (bicyclic) bond motifs is 1. The zero-order chi connectivity index (χ0) is 16.6. The first-order chi connectivity index (χ1) is 10.9. The van der Waals surface area contributed by atoms with E-state index in [1.807, 2.05) is 0 Å². The molecule has 0 bridgehead atoms. The fraction of sp³-hybridized carbons (Fsp3) is 0.400. The van der Waals surface area contributed by atoms with Crippen LogP contribution < -0.4 is 11.1 Å². The Hall–Kier alpha value is -2.28. The standard InChI is InChI=1S/C15H16ClN3O4/c1-18(7-13(20)17-10-3-4-10)14(21)8-19-11-5-2-9(16)6-12(11)23-15(19)22/h2,5-6,10H,3-4,7-8H2,1H3,(H,17,20). The van der Waals surface area contributed by atoms with Crippen molar-refractivity contribution < 1.29 is 14.0 Å². The largest absolute Gasteiger partial charge is 0.420 e. The Kier molecular flexibility index (Phi) is 4.12. The van der Waals surface area contributed by atoms with Crippen molar-refractivity contribution >= 4 is 34.5 Å². The monoisotopic (exact) mass is 337 g/mol. The third-order valence-electron chi connectivity index (χ3n) is 3.67. The molecule has 8 heteroatoms. The third kappa shape index (κ3) is 3.56. The van der Waals surface area contributed by atoms with E-state index in [2.05, 4.69) is 5.32 Å². The van der Waals surface area contributed by atoms with Gasteiger partial charge in [0.25, 0.3) is 0 Å². The molecule has 7 nitrogen and oxygen atoms in total. The molecule has 1 aliphatic carbocycles. The van der Waals surface area contributed by atoms with E-state index in [9.17, 15) is 14.4 Å². The Bertz CT molecular complexity index is 822. The Balaban J connectivity index is 1.70. The summed E-state index contributed by atoms with van der Waals surface area (Å²) in [5.41, 5.74) is 0.813. The van der Waals surface area contributed by atoms with E-state index in [4.69, 9.17) is 16.0 Å². The van der Waals surface area contributed by atoms with E-state index in [0.29, 0.717) is 16.1 Å². The number of benzene rings is 1. The first-order valence-electron chi connectivity index (χ1n) is 7.26. The highest BCUT2D eigenvalue weighted by Crippen LogP contribution is 2.19. The molecule has 2 aromatic rings. The fourth-order valence-electron chi connectivity index (χ4n) is 2.25. The summed E-state index contributed by atoms with van der Waals surface area (Å²) in [6.45, 7) is -0.230. The second-order valence-electron chi connectivity index (χ2n) is 5.66. The molecule has 1 saturated carbocycles. The van der Waals surface area contributed by atoms with Crippen molar-refractivity contribution in [3.05, 3.63) is 33.8 Å². The van der Waals surface area contributed by atoms with Crippen molar-refractivity contribution in [1.82, 2.24) is 14.8 Å². The molecule has 1 N–H and O–H groups in total. The molecule has 1 aromatic carbocycles. The summed E-state index contributed by atoms with van der Waals surface area (Å²) in [4.78, 5) is 37.1. The zero-order valence-electron chi connectivity index (χ0n) is 12.5. The van der Waals surface area contributed by atoms with Crippen LogP contribution in [0.15, 0.2) is 27.4 Å². The van der Waals surface area contributed by atoms with Gasteiger partial charge in [0, 0.05) is 24.2 Å². The zero-order valence-corrected chi connectivity index (χ0v) is 13.3. The predicted molar refractivity (Wildman–Crippen MR) is 84.3 cm³/mol. The summed E-state index contributed by atoms with van der Waals surface area (Å²) < 4.78 is 6.30. The van der Waals surface area contributed by atoms with Gasteiger partial charge < -0.3 is 14.6 Å². The van der Waals surface area contributed by atoms with Crippen molar-refractivity contribution in [3.63, 3.8) is 0 Å². The first-order valence-corrected chi connectivity index (χ1v) is 7.64. The number of likely N-dealkylation sites (N-methyl/N-ethyl adjacent to an activating group) is 1. The van der Waals surface area contributed by atoms with Crippen LogP contribution in [-0.2, 0) is 16.1 Å². The van der Waals surface area contributed by atoms with Crippen molar-refractivity contribution in [1.29, 1.82) is 0 Å². The van der Waals surface area contributed by atoms with Crippen molar-refractivity contribution in [2.75, 3.05) is 13.6 Å². The van der Waals surface area contributed by atoms with E-state index in [0.717, 1.165) is 12.8 Å². The van der Waals surface area contributed by atoms with Gasteiger partial charge in [0.15, 0.2) is 5.58 Å². The number of carbonyl (C=O) groups excluding carboxylic acids is 2. The Labute approximate surface area is 136 Å². The molecule has 3 rings (SSSR count). The second-order valence-corrected chi connectivity index (χ2v) is 6.09. The van der Waals surface area contributed by atoms with Gasteiger partial charge in [0.2, 0.25) is 11.8 Å². The smallest absolute Gasteiger partial charge is 0.408 e. The number of nitrogens with one attached hydrogen (secondary N) is 1. The molecule has 23 heavy (non-hydrogen) atoms. The molecule has 0 saturated heterocycles. The molecular formula is C15H16ClN3O4. The van der Waals surface area contributed by atoms with Crippen LogP contribution in [0.5, 0.6) is 0 Å². The third-order valence-corrected chi connectivity index (χ3v) is 3.91. The minimum absolute atomic E-state index is 0.0360. The van der Waals surface area contributed by atoms with Crippen LogP contribution in [0.1, 0.15) is 12.8 Å². The van der Waals surface area contributed by atoms with E-state index < -0.39 is 5.76 Å². The van der Waals surface area contributed by atoms with Crippen molar-refractivity contribution in [2.24, 2.45) is 0 Å². The van der Waals surface area contributed by atoms with Gasteiger partial charge in [-0.25, -0.2) is 4.79 Å². The lowest BCUT2D eigenvalue weighted by molar-refractivity contribution is -0.135. The number of hydrogen-bond donors (Lipinski definition) is 1. The SMILES string of the molecule is CN(CC(=O)NC1CC1)C(=O)Cn1c(=O)oc2cc(Cl)ccc21. The van der Waals surface area contributed by atoms with E-state index in [1.54, 1.807) is 12.1 Å². The Morgan fingerprint density at radius 1 is 1.43 bits per heavy atom. The van der Waals surface area contributed by atoms with Gasteiger partial charge in [-0.15, -0.1) is 0 Å². The fourth-order valence-corrected chi connectivity index (χ4v) is 2.41. The molecular weight excluding hydrogens is 322 g/mol. The maximum absolute atomic E-state index is 12.2. The highest BCUT2D eigenvalue weighted by molar-refractivity contribution is 6.31. The van der Waals surface area contributed by atoms with Crippen LogP contribution in [0.2, 0.25) is 5.02 Å². The summed E-state index contributed by atoms with van der Waals surface area (Å²) >= 11 is 5.85. The van der Waals surface area contributed by atoms with Crippen LogP contribution in [0, 0.1) is 0 Å². The Morgan fingerprint density at radius 3 is 2.87 bits per heavy atom. The molecule has 0 aliphatic heterocycles. The average molecular weight is 338 g/mol. The number of carbonyl (C=O) groups is 2. The van der Waals surface area contributed by atoms with E-state index in [1.165, 1.54) is 22.6 Å². The molecule has 1 fully saturated rings. The number of halogens is 1. The number of oxazole rings is 1. The number of rotatable bonds is 5. The van der Waals surface area contributed by atoms with Gasteiger partial charge in [-0.2, -0.15) is 0 Å². The lowest BCUT2D eigenvalue weighted by Crippen LogP contribution is -2.41. The summed E-state index contributed by atoms with van der Waals surface area (Å²) in [6, 6.07) is 5.00. The van der Waals surface area contributed by atoms with Crippen LogP contribution in [-0.4, -0.2) is 40.9 Å². The number of nitrogens with zero attached hydrogens (tertiary/aromatic N) is 2. The van der Waals surface area contributed by atoms with Crippen LogP contribution in [0.3, 0.4) is 0 Å². The van der Waals surface area contributed by atoms with Crippen LogP contribution in [0.4, 0.5) is 0 Å². The molecule has 122 valence electrons.